The Morgan fingerprint density at radius 1 is 1.11 bits per heavy atom. The first-order valence-electron chi connectivity index (χ1n) is 9.20. The number of likely N-dealkylation sites (tertiary alicyclic amines) is 1. The summed E-state index contributed by atoms with van der Waals surface area (Å²) in [4.78, 5) is 8.36. The number of piperidine rings is 1. The molecule has 1 saturated heterocycles. The summed E-state index contributed by atoms with van der Waals surface area (Å²) in [5.74, 6) is 0.377. The van der Waals surface area contributed by atoms with Crippen LogP contribution in [-0.2, 0) is 16.6 Å². The average molecular weight is 402 g/mol. The molecule has 0 unspecified atom stereocenters. The van der Waals surface area contributed by atoms with Gasteiger partial charge in [-0.05, 0) is 55.4 Å². The highest BCUT2D eigenvalue weighted by atomic mass is 32.2. The second kappa shape index (κ2) is 8.06. The summed E-state index contributed by atoms with van der Waals surface area (Å²) in [6, 6.07) is 13.2. The zero-order valence-corrected chi connectivity index (χ0v) is 16.7. The fourth-order valence-corrected chi connectivity index (χ4v) is 5.61. The summed E-state index contributed by atoms with van der Waals surface area (Å²) in [5.41, 5.74) is 0.526. The lowest BCUT2D eigenvalue weighted by molar-refractivity contribution is 0.180. The topological polar surface area (TPSA) is 62.3 Å². The van der Waals surface area contributed by atoms with Gasteiger partial charge < -0.3 is 0 Å². The molecule has 0 spiro atoms. The van der Waals surface area contributed by atoms with Gasteiger partial charge in [-0.1, -0.05) is 24.3 Å². The molecule has 0 saturated carbocycles. The predicted molar refractivity (Wildman–Crippen MR) is 109 cm³/mol. The summed E-state index contributed by atoms with van der Waals surface area (Å²) < 4.78 is 28.4. The summed E-state index contributed by atoms with van der Waals surface area (Å²) in [7, 11) is -3.57. The van der Waals surface area contributed by atoms with Crippen molar-refractivity contribution in [3.63, 3.8) is 0 Å². The molecule has 0 radical (unpaired) electrons. The lowest BCUT2D eigenvalue weighted by Crippen LogP contribution is -2.38. The van der Waals surface area contributed by atoms with Gasteiger partial charge in [0.15, 0.2) is 0 Å². The lowest BCUT2D eigenvalue weighted by atomic mass is 9.97. The monoisotopic (exact) mass is 401 g/mol. The number of sulfonamides is 1. The molecule has 0 amide bonds. The second-order valence-corrected chi connectivity index (χ2v) is 9.75. The number of benzene rings is 1. The molecule has 1 fully saturated rings. The van der Waals surface area contributed by atoms with Crippen molar-refractivity contribution in [1.29, 1.82) is 0 Å². The Labute approximate surface area is 164 Å². The van der Waals surface area contributed by atoms with Crippen molar-refractivity contribution in [2.75, 3.05) is 19.6 Å². The minimum absolute atomic E-state index is 0.260. The van der Waals surface area contributed by atoms with Gasteiger partial charge in [0.1, 0.15) is 4.90 Å². The second-order valence-electron chi connectivity index (χ2n) is 6.98. The third kappa shape index (κ3) is 4.38. The van der Waals surface area contributed by atoms with Gasteiger partial charge in [-0.3, -0.25) is 9.88 Å². The van der Waals surface area contributed by atoms with Gasteiger partial charge in [0.05, 0.1) is 5.52 Å². The van der Waals surface area contributed by atoms with Crippen molar-refractivity contribution in [2.45, 2.75) is 24.3 Å². The predicted octanol–water partition coefficient (Wildman–Crippen LogP) is 3.49. The fraction of sp³-hybridized carbons (Fsp3) is 0.350. The van der Waals surface area contributed by atoms with Crippen LogP contribution in [0, 0.1) is 5.92 Å². The van der Waals surface area contributed by atoms with Gasteiger partial charge in [-0.2, -0.15) is 0 Å². The van der Waals surface area contributed by atoms with Gasteiger partial charge in [0, 0.05) is 29.5 Å². The zero-order chi connectivity index (χ0) is 18.7. The van der Waals surface area contributed by atoms with Crippen molar-refractivity contribution < 1.29 is 8.42 Å². The summed E-state index contributed by atoms with van der Waals surface area (Å²) in [5, 5.41) is 2.95. The van der Waals surface area contributed by atoms with E-state index in [1.165, 1.54) is 4.88 Å². The normalized spacial score (nSPS) is 16.7. The molecule has 0 atom stereocenters. The van der Waals surface area contributed by atoms with Crippen molar-refractivity contribution in [2.24, 2.45) is 5.92 Å². The Morgan fingerprint density at radius 3 is 2.70 bits per heavy atom. The maximum atomic E-state index is 12.8. The first-order chi connectivity index (χ1) is 13.1. The first kappa shape index (κ1) is 18.6. The Balaban J connectivity index is 1.36. The number of aromatic nitrogens is 1. The van der Waals surface area contributed by atoms with E-state index < -0.39 is 10.0 Å². The van der Waals surface area contributed by atoms with Crippen molar-refractivity contribution in [3.05, 3.63) is 58.9 Å². The lowest BCUT2D eigenvalue weighted by Gasteiger charge is -2.31. The van der Waals surface area contributed by atoms with Crippen LogP contribution in [0.3, 0.4) is 0 Å². The minimum Gasteiger partial charge on any atom is -0.298 e. The van der Waals surface area contributed by atoms with Crippen LogP contribution in [0.2, 0.25) is 0 Å². The molecule has 3 heterocycles. The maximum absolute atomic E-state index is 12.8. The minimum atomic E-state index is -3.57. The summed E-state index contributed by atoms with van der Waals surface area (Å²) in [6.45, 7) is 3.51. The van der Waals surface area contributed by atoms with E-state index in [9.17, 15) is 8.42 Å². The number of nitrogens with one attached hydrogen (secondary N) is 1. The van der Waals surface area contributed by atoms with Crippen LogP contribution >= 0.6 is 11.3 Å². The Kier molecular flexibility index (Phi) is 5.54. The number of para-hydroxylation sites is 1. The Hall–Kier alpha value is -1.80. The molecule has 0 aliphatic carbocycles. The molecule has 3 aromatic rings. The van der Waals surface area contributed by atoms with E-state index in [2.05, 4.69) is 32.1 Å². The van der Waals surface area contributed by atoms with E-state index >= 15 is 0 Å². The van der Waals surface area contributed by atoms with Crippen LogP contribution in [0.4, 0.5) is 0 Å². The highest BCUT2D eigenvalue weighted by Crippen LogP contribution is 2.23. The SMILES string of the molecule is O=S(=O)(NCC1CCN(Cc2cccs2)CC1)c1cccc2cccnc12. The molecule has 4 rings (SSSR count). The molecule has 2 aromatic heterocycles. The van der Waals surface area contributed by atoms with Gasteiger partial charge in [0.25, 0.3) is 0 Å². The molecule has 142 valence electrons. The molecule has 5 nitrogen and oxygen atoms in total. The molecular weight excluding hydrogens is 378 g/mol. The molecular formula is C20H23N3O2S2. The van der Waals surface area contributed by atoms with Crippen LogP contribution in [0.25, 0.3) is 10.9 Å². The number of nitrogens with zero attached hydrogens (tertiary/aromatic N) is 2. The number of hydrogen-bond donors (Lipinski definition) is 1. The van der Waals surface area contributed by atoms with Crippen molar-refractivity contribution >= 4 is 32.3 Å². The van der Waals surface area contributed by atoms with E-state index in [-0.39, 0.29) is 4.90 Å². The highest BCUT2D eigenvalue weighted by Gasteiger charge is 2.23. The number of rotatable bonds is 6. The number of hydrogen-bond acceptors (Lipinski definition) is 5. The molecule has 1 aromatic carbocycles. The van der Waals surface area contributed by atoms with E-state index in [4.69, 9.17) is 0 Å². The molecule has 1 N–H and O–H groups in total. The van der Waals surface area contributed by atoms with E-state index in [1.807, 2.05) is 18.2 Å². The van der Waals surface area contributed by atoms with Crippen LogP contribution in [0.1, 0.15) is 17.7 Å². The Morgan fingerprint density at radius 2 is 1.93 bits per heavy atom. The highest BCUT2D eigenvalue weighted by molar-refractivity contribution is 7.89. The van der Waals surface area contributed by atoms with Crippen LogP contribution < -0.4 is 4.72 Å². The molecule has 1 aliphatic rings. The van der Waals surface area contributed by atoms with Gasteiger partial charge in [-0.25, -0.2) is 13.1 Å². The third-order valence-electron chi connectivity index (χ3n) is 5.11. The maximum Gasteiger partial charge on any atom is 0.242 e. The summed E-state index contributed by atoms with van der Waals surface area (Å²) in [6.07, 6.45) is 3.66. The molecule has 0 bridgehead atoms. The Bertz CT molecular complexity index is 990. The fourth-order valence-electron chi connectivity index (χ4n) is 3.57. The van der Waals surface area contributed by atoms with Gasteiger partial charge in [-0.15, -0.1) is 11.3 Å². The van der Waals surface area contributed by atoms with E-state index in [1.54, 1.807) is 29.7 Å². The number of thiophene rings is 1. The zero-order valence-electron chi connectivity index (χ0n) is 15.0. The standard InChI is InChI=1S/C20H23N3O2S2/c24-27(25,19-7-1-4-17-5-2-10-21-20(17)19)22-14-16-8-11-23(12-9-16)15-18-6-3-13-26-18/h1-7,10,13,16,22H,8-9,11-12,14-15H2. The van der Waals surface area contributed by atoms with Crippen molar-refractivity contribution in [1.82, 2.24) is 14.6 Å². The average Bonchev–Trinajstić information content (AvgIpc) is 3.20. The molecule has 7 heteroatoms. The van der Waals surface area contributed by atoms with Crippen LogP contribution in [0.5, 0.6) is 0 Å². The van der Waals surface area contributed by atoms with Crippen molar-refractivity contribution in [3.8, 4) is 0 Å². The third-order valence-corrected chi connectivity index (χ3v) is 7.43. The van der Waals surface area contributed by atoms with Gasteiger partial charge >= 0.3 is 0 Å². The summed E-state index contributed by atoms with van der Waals surface area (Å²) >= 11 is 1.79. The molecule has 27 heavy (non-hydrogen) atoms. The van der Waals surface area contributed by atoms with Crippen LogP contribution in [0.15, 0.2) is 58.9 Å². The largest absolute Gasteiger partial charge is 0.298 e. The quantitative estimate of drug-likeness (QED) is 0.687. The van der Waals surface area contributed by atoms with Gasteiger partial charge in [0.2, 0.25) is 10.0 Å². The first-order valence-corrected chi connectivity index (χ1v) is 11.6. The van der Waals surface area contributed by atoms with E-state index in [0.29, 0.717) is 18.0 Å². The van der Waals surface area contributed by atoms with E-state index in [0.717, 1.165) is 37.9 Å². The molecule has 1 aliphatic heterocycles. The van der Waals surface area contributed by atoms with Crippen LogP contribution in [-0.4, -0.2) is 37.9 Å². The number of pyridine rings is 1. The smallest absolute Gasteiger partial charge is 0.242 e. The number of fused-ring (bicyclic) bond motifs is 1.